The summed E-state index contributed by atoms with van der Waals surface area (Å²) >= 11 is 0. The number of furan rings is 2. The Morgan fingerprint density at radius 1 is 0.735 bits per heavy atom. The molecule has 188 valence electrons. The number of nitrogens with one attached hydrogen (secondary N) is 2. The van der Waals surface area contributed by atoms with Crippen molar-refractivity contribution in [3.05, 3.63) is 48.3 Å². The van der Waals surface area contributed by atoms with Crippen LogP contribution in [0.15, 0.2) is 45.6 Å². The van der Waals surface area contributed by atoms with Crippen LogP contribution in [0, 0.1) is 11.8 Å². The van der Waals surface area contributed by atoms with Crippen LogP contribution in [0.3, 0.4) is 0 Å². The fraction of sp³-hybridized carbons (Fsp3) is 0.500. The summed E-state index contributed by atoms with van der Waals surface area (Å²) in [6.45, 7) is 7.87. The zero-order valence-corrected chi connectivity index (χ0v) is 20.5. The Morgan fingerprint density at radius 3 is 1.32 bits per heavy atom. The van der Waals surface area contributed by atoms with Gasteiger partial charge < -0.3 is 28.9 Å². The molecule has 0 radical (unpaired) electrons. The van der Waals surface area contributed by atoms with Gasteiger partial charge in [-0.15, -0.1) is 0 Å². The van der Waals surface area contributed by atoms with E-state index in [-0.39, 0.29) is 23.4 Å². The fourth-order valence-corrected chi connectivity index (χ4v) is 2.93. The maximum Gasteiger partial charge on any atom is 0.328 e. The first-order chi connectivity index (χ1) is 16.1. The third-order valence-electron chi connectivity index (χ3n) is 4.49. The van der Waals surface area contributed by atoms with Crippen LogP contribution in [0.1, 0.15) is 61.6 Å². The third-order valence-corrected chi connectivity index (χ3v) is 4.49. The molecule has 0 aliphatic carbocycles. The first-order valence-corrected chi connectivity index (χ1v) is 10.9. The number of methoxy groups -OCH3 is 2. The van der Waals surface area contributed by atoms with E-state index < -0.39 is 35.8 Å². The normalized spacial score (nSPS) is 12.2. The van der Waals surface area contributed by atoms with Crippen LogP contribution in [0.25, 0.3) is 0 Å². The molecule has 0 spiro atoms. The Morgan fingerprint density at radius 2 is 1.09 bits per heavy atom. The molecule has 34 heavy (non-hydrogen) atoms. The number of hydrogen-bond acceptors (Lipinski definition) is 8. The molecule has 0 saturated carbocycles. The summed E-state index contributed by atoms with van der Waals surface area (Å²) < 4.78 is 19.2. The van der Waals surface area contributed by atoms with E-state index in [4.69, 9.17) is 8.83 Å². The second kappa shape index (κ2) is 14.6. The van der Waals surface area contributed by atoms with E-state index >= 15 is 0 Å². The van der Waals surface area contributed by atoms with E-state index in [1.165, 1.54) is 26.7 Å². The van der Waals surface area contributed by atoms with Crippen molar-refractivity contribution >= 4 is 23.8 Å². The number of carbonyl (C=O) groups excluding carboxylic acids is 4. The zero-order chi connectivity index (χ0) is 25.7. The quantitative estimate of drug-likeness (QED) is 0.497. The Bertz CT molecular complexity index is 814. The monoisotopic (exact) mass is 478 g/mol. The summed E-state index contributed by atoms with van der Waals surface area (Å²) in [6.07, 6.45) is 3.87. The van der Waals surface area contributed by atoms with E-state index in [1.807, 2.05) is 27.7 Å². The van der Waals surface area contributed by atoms with Crippen molar-refractivity contribution in [2.24, 2.45) is 11.8 Å². The molecule has 0 aliphatic heterocycles. The Kier molecular flexibility index (Phi) is 12.2. The minimum atomic E-state index is -0.641. The Hall–Kier alpha value is -3.56. The summed E-state index contributed by atoms with van der Waals surface area (Å²) in [5, 5.41) is 5.19. The number of hydrogen-bond donors (Lipinski definition) is 2. The lowest BCUT2D eigenvalue weighted by Crippen LogP contribution is -2.42. The maximum absolute atomic E-state index is 11.7. The van der Waals surface area contributed by atoms with Gasteiger partial charge in [-0.3, -0.25) is 9.59 Å². The first-order valence-electron chi connectivity index (χ1n) is 10.9. The minimum Gasteiger partial charge on any atom is -0.467 e. The van der Waals surface area contributed by atoms with Gasteiger partial charge in [0.05, 0.1) is 26.7 Å². The summed E-state index contributed by atoms with van der Waals surface area (Å²) in [5.74, 6) is -0.799. The van der Waals surface area contributed by atoms with Gasteiger partial charge in [0.25, 0.3) is 11.8 Å². The minimum absolute atomic E-state index is 0.183. The van der Waals surface area contributed by atoms with Crippen molar-refractivity contribution < 1.29 is 37.5 Å². The smallest absolute Gasteiger partial charge is 0.328 e. The van der Waals surface area contributed by atoms with Crippen LogP contribution in [0.4, 0.5) is 0 Å². The van der Waals surface area contributed by atoms with Crippen LogP contribution < -0.4 is 10.6 Å². The molecule has 0 aromatic carbocycles. The van der Waals surface area contributed by atoms with Gasteiger partial charge in [0.15, 0.2) is 11.5 Å². The molecule has 0 fully saturated rings. The third kappa shape index (κ3) is 9.93. The van der Waals surface area contributed by atoms with Crippen molar-refractivity contribution in [3.8, 4) is 0 Å². The summed E-state index contributed by atoms with van der Waals surface area (Å²) in [4.78, 5) is 46.4. The lowest BCUT2D eigenvalue weighted by molar-refractivity contribution is -0.144. The molecule has 10 nitrogen and oxygen atoms in total. The molecule has 2 N–H and O–H groups in total. The highest BCUT2D eigenvalue weighted by Crippen LogP contribution is 2.09. The summed E-state index contributed by atoms with van der Waals surface area (Å²) in [5.41, 5.74) is 0. The predicted molar refractivity (Wildman–Crippen MR) is 123 cm³/mol. The Labute approximate surface area is 199 Å². The molecule has 2 heterocycles. The van der Waals surface area contributed by atoms with Crippen molar-refractivity contribution in [3.63, 3.8) is 0 Å². The van der Waals surface area contributed by atoms with Crippen molar-refractivity contribution in [2.75, 3.05) is 14.2 Å². The lowest BCUT2D eigenvalue weighted by atomic mass is 10.0. The van der Waals surface area contributed by atoms with Crippen molar-refractivity contribution in [1.82, 2.24) is 10.6 Å². The molecular weight excluding hydrogens is 444 g/mol. The fourth-order valence-electron chi connectivity index (χ4n) is 2.93. The molecule has 0 saturated heterocycles. The van der Waals surface area contributed by atoms with Gasteiger partial charge >= 0.3 is 11.9 Å². The van der Waals surface area contributed by atoms with E-state index in [1.54, 1.807) is 24.3 Å². The van der Waals surface area contributed by atoms with Gasteiger partial charge in [-0.2, -0.15) is 0 Å². The average Bonchev–Trinajstić information content (AvgIpc) is 3.51. The second-order valence-corrected chi connectivity index (χ2v) is 8.31. The largest absolute Gasteiger partial charge is 0.467 e. The Balaban J connectivity index is 0.000000340. The van der Waals surface area contributed by atoms with Gasteiger partial charge in [-0.25, -0.2) is 9.59 Å². The standard InChI is InChI=1S/2C12H17NO4/c2*1-8(2)7-9(12(15)16-3)13-11(14)10-5-4-6-17-10/h2*4-6,8-9H,7H2,1-3H3,(H,13,14)/t2*9-/m00/s1. The number of esters is 2. The van der Waals surface area contributed by atoms with Gasteiger partial charge in [0, 0.05) is 0 Å². The summed E-state index contributed by atoms with van der Waals surface area (Å²) in [7, 11) is 2.60. The maximum atomic E-state index is 11.7. The highest BCUT2D eigenvalue weighted by Gasteiger charge is 2.25. The molecular formula is C24H34N2O8. The zero-order valence-electron chi connectivity index (χ0n) is 20.5. The topological polar surface area (TPSA) is 137 Å². The van der Waals surface area contributed by atoms with Gasteiger partial charge in [-0.05, 0) is 48.9 Å². The first kappa shape index (κ1) is 28.5. The predicted octanol–water partition coefficient (Wildman–Crippen LogP) is 3.19. The molecule has 2 aromatic rings. The SMILES string of the molecule is COC(=O)[C@H](CC(C)C)NC(=O)c1ccco1.COC(=O)[C@H](CC(C)C)NC(=O)c1ccco1. The molecule has 0 bridgehead atoms. The molecule has 2 amide bonds. The number of rotatable bonds is 10. The van der Waals surface area contributed by atoms with Crippen LogP contribution >= 0.6 is 0 Å². The van der Waals surface area contributed by atoms with Crippen LogP contribution in [-0.4, -0.2) is 50.1 Å². The lowest BCUT2D eigenvalue weighted by Gasteiger charge is -2.17. The summed E-state index contributed by atoms with van der Waals surface area (Å²) in [6, 6.07) is 5.03. The molecule has 0 aliphatic rings. The van der Waals surface area contributed by atoms with E-state index in [0.717, 1.165) is 0 Å². The van der Waals surface area contributed by atoms with Gasteiger partial charge in [0.1, 0.15) is 12.1 Å². The van der Waals surface area contributed by atoms with Gasteiger partial charge in [0.2, 0.25) is 0 Å². The number of amides is 2. The van der Waals surface area contributed by atoms with Crippen LogP contribution in [-0.2, 0) is 19.1 Å². The van der Waals surface area contributed by atoms with Crippen LogP contribution in [0.2, 0.25) is 0 Å². The molecule has 2 rings (SSSR count). The van der Waals surface area contributed by atoms with E-state index in [0.29, 0.717) is 12.8 Å². The van der Waals surface area contributed by atoms with E-state index in [2.05, 4.69) is 20.1 Å². The van der Waals surface area contributed by atoms with Crippen LogP contribution in [0.5, 0.6) is 0 Å². The van der Waals surface area contributed by atoms with Crippen molar-refractivity contribution in [1.29, 1.82) is 0 Å². The molecule has 2 atom stereocenters. The number of ether oxygens (including phenoxy) is 2. The highest BCUT2D eigenvalue weighted by molar-refractivity contribution is 5.95. The highest BCUT2D eigenvalue weighted by atomic mass is 16.5. The molecule has 2 aromatic heterocycles. The molecule has 0 unspecified atom stereocenters. The van der Waals surface area contributed by atoms with Crippen molar-refractivity contribution in [2.45, 2.75) is 52.6 Å². The number of carbonyl (C=O) groups is 4. The second-order valence-electron chi connectivity index (χ2n) is 8.31. The van der Waals surface area contributed by atoms with E-state index in [9.17, 15) is 19.2 Å². The van der Waals surface area contributed by atoms with Gasteiger partial charge in [-0.1, -0.05) is 27.7 Å². The average molecular weight is 479 g/mol. The molecule has 10 heteroatoms.